The molecule has 2 heterocycles. The fourth-order valence-electron chi connectivity index (χ4n) is 2.41. The Labute approximate surface area is 113 Å². The van der Waals surface area contributed by atoms with Gasteiger partial charge < -0.3 is 10.1 Å². The zero-order valence-corrected chi connectivity index (χ0v) is 11.8. The lowest BCUT2D eigenvalue weighted by Crippen LogP contribution is -2.34. The lowest BCUT2D eigenvalue weighted by Gasteiger charge is -2.23. The summed E-state index contributed by atoms with van der Waals surface area (Å²) in [5, 5.41) is 7.52. The quantitative estimate of drug-likeness (QED) is 0.781. The molecule has 0 saturated carbocycles. The highest BCUT2D eigenvalue weighted by molar-refractivity contribution is 5.90. The Hall–Kier alpha value is -1.40. The summed E-state index contributed by atoms with van der Waals surface area (Å²) in [5.41, 5.74) is 1.48. The average Bonchev–Trinajstić information content (AvgIpc) is 3.01. The summed E-state index contributed by atoms with van der Waals surface area (Å²) in [6.07, 6.45) is 2.73. The summed E-state index contributed by atoms with van der Waals surface area (Å²) >= 11 is 0. The molecule has 0 aromatic carbocycles. The van der Waals surface area contributed by atoms with E-state index in [9.17, 15) is 4.79 Å². The number of carbonyl (C=O) groups excluding carboxylic acids is 1. The van der Waals surface area contributed by atoms with Gasteiger partial charge in [-0.1, -0.05) is 0 Å². The average molecular weight is 266 g/mol. The van der Waals surface area contributed by atoms with Crippen LogP contribution in [0.3, 0.4) is 0 Å². The number of carbonyl (C=O) groups is 1. The van der Waals surface area contributed by atoms with Crippen LogP contribution in [0.5, 0.6) is 0 Å². The van der Waals surface area contributed by atoms with Gasteiger partial charge in [-0.2, -0.15) is 5.10 Å². The highest BCUT2D eigenvalue weighted by atomic mass is 16.5. The number of rotatable bonds is 5. The van der Waals surface area contributed by atoms with E-state index in [0.717, 1.165) is 25.2 Å². The maximum Gasteiger partial charge on any atom is 0.341 e. The van der Waals surface area contributed by atoms with Crippen molar-refractivity contribution in [1.29, 1.82) is 0 Å². The monoisotopic (exact) mass is 266 g/mol. The summed E-state index contributed by atoms with van der Waals surface area (Å²) in [6, 6.07) is 0.518. The maximum absolute atomic E-state index is 11.9. The Bertz CT molecular complexity index is 438. The zero-order chi connectivity index (χ0) is 13.8. The van der Waals surface area contributed by atoms with Gasteiger partial charge in [0.2, 0.25) is 0 Å². The number of ether oxygens (including phenoxy) is 1. The summed E-state index contributed by atoms with van der Waals surface area (Å²) in [7, 11) is 3.94. The van der Waals surface area contributed by atoms with E-state index in [1.54, 1.807) is 10.9 Å². The van der Waals surface area contributed by atoms with Crippen molar-refractivity contribution in [2.45, 2.75) is 25.9 Å². The van der Waals surface area contributed by atoms with Crippen molar-refractivity contribution >= 4 is 5.97 Å². The first-order valence-corrected chi connectivity index (χ1v) is 6.72. The van der Waals surface area contributed by atoms with Crippen molar-refractivity contribution in [1.82, 2.24) is 20.0 Å². The number of aryl methyl sites for hydroxylation is 1. The van der Waals surface area contributed by atoms with Gasteiger partial charge in [0.25, 0.3) is 0 Å². The number of nitrogens with one attached hydrogen (secondary N) is 1. The Morgan fingerprint density at radius 2 is 2.47 bits per heavy atom. The number of likely N-dealkylation sites (N-methyl/N-ethyl adjacent to an activating group) is 1. The smallest absolute Gasteiger partial charge is 0.341 e. The Morgan fingerprint density at radius 3 is 3.11 bits per heavy atom. The molecule has 1 fully saturated rings. The molecule has 0 bridgehead atoms. The predicted octanol–water partition coefficient (Wildman–Crippen LogP) is 0.391. The molecule has 1 aromatic heterocycles. The van der Waals surface area contributed by atoms with Crippen LogP contribution in [0.15, 0.2) is 6.20 Å². The molecule has 0 radical (unpaired) electrons. The molecule has 0 aliphatic carbocycles. The SMILES string of the molecule is CCOC(=O)c1cnn(C)c1CN(C)C1CCNC1. The molecule has 2 rings (SSSR count). The normalized spacial score (nSPS) is 19.1. The minimum Gasteiger partial charge on any atom is -0.462 e. The topological polar surface area (TPSA) is 59.4 Å². The van der Waals surface area contributed by atoms with E-state index in [1.165, 1.54) is 0 Å². The van der Waals surface area contributed by atoms with Crippen LogP contribution in [0.25, 0.3) is 0 Å². The Morgan fingerprint density at radius 1 is 1.68 bits per heavy atom. The van der Waals surface area contributed by atoms with E-state index < -0.39 is 0 Å². The third-order valence-electron chi connectivity index (χ3n) is 3.61. The largest absolute Gasteiger partial charge is 0.462 e. The number of nitrogens with zero attached hydrogens (tertiary/aromatic N) is 3. The summed E-state index contributed by atoms with van der Waals surface area (Å²) < 4.78 is 6.82. The third-order valence-corrected chi connectivity index (χ3v) is 3.61. The molecule has 1 aromatic rings. The molecule has 106 valence electrons. The van der Waals surface area contributed by atoms with E-state index in [2.05, 4.69) is 22.4 Å². The Kier molecular flexibility index (Phi) is 4.55. The van der Waals surface area contributed by atoms with Crippen molar-refractivity contribution in [3.05, 3.63) is 17.5 Å². The molecule has 1 aliphatic heterocycles. The standard InChI is InChI=1S/C13H22N4O2/c1-4-19-13(18)11-8-15-17(3)12(11)9-16(2)10-5-6-14-7-10/h8,10,14H,4-7,9H2,1-3H3. The summed E-state index contributed by atoms with van der Waals surface area (Å²) in [6.45, 7) is 4.96. The Balaban J connectivity index is 2.10. The predicted molar refractivity (Wildman–Crippen MR) is 71.9 cm³/mol. The fourth-order valence-corrected chi connectivity index (χ4v) is 2.41. The summed E-state index contributed by atoms with van der Waals surface area (Å²) in [4.78, 5) is 14.1. The lowest BCUT2D eigenvalue weighted by atomic mass is 10.2. The molecular formula is C13H22N4O2. The van der Waals surface area contributed by atoms with Gasteiger partial charge in [-0.05, 0) is 26.9 Å². The van der Waals surface area contributed by atoms with Gasteiger partial charge in [0.1, 0.15) is 5.56 Å². The number of hydrogen-bond acceptors (Lipinski definition) is 5. The van der Waals surface area contributed by atoms with Crippen molar-refractivity contribution in [2.75, 3.05) is 26.7 Å². The second-order valence-electron chi connectivity index (χ2n) is 4.91. The first-order valence-electron chi connectivity index (χ1n) is 6.72. The number of esters is 1. The molecule has 1 unspecified atom stereocenters. The third kappa shape index (κ3) is 3.13. The van der Waals surface area contributed by atoms with Gasteiger partial charge in [0.15, 0.2) is 0 Å². The van der Waals surface area contributed by atoms with Gasteiger partial charge in [-0.15, -0.1) is 0 Å². The van der Waals surface area contributed by atoms with Gasteiger partial charge in [-0.3, -0.25) is 9.58 Å². The lowest BCUT2D eigenvalue weighted by molar-refractivity contribution is 0.0523. The molecule has 1 N–H and O–H groups in total. The van der Waals surface area contributed by atoms with Crippen molar-refractivity contribution < 1.29 is 9.53 Å². The minimum atomic E-state index is -0.288. The van der Waals surface area contributed by atoms with E-state index in [0.29, 0.717) is 24.8 Å². The van der Waals surface area contributed by atoms with Crippen LogP contribution >= 0.6 is 0 Å². The van der Waals surface area contributed by atoms with Gasteiger partial charge in [-0.25, -0.2) is 4.79 Å². The van der Waals surface area contributed by atoms with E-state index in [4.69, 9.17) is 4.74 Å². The fraction of sp³-hybridized carbons (Fsp3) is 0.692. The van der Waals surface area contributed by atoms with Crippen molar-refractivity contribution in [3.63, 3.8) is 0 Å². The molecule has 19 heavy (non-hydrogen) atoms. The van der Waals surface area contributed by atoms with Crippen LogP contribution in [-0.2, 0) is 18.3 Å². The molecule has 1 atom stereocenters. The number of aromatic nitrogens is 2. The molecule has 1 saturated heterocycles. The zero-order valence-electron chi connectivity index (χ0n) is 11.8. The van der Waals surface area contributed by atoms with E-state index >= 15 is 0 Å². The van der Waals surface area contributed by atoms with Gasteiger partial charge in [0.05, 0.1) is 18.5 Å². The van der Waals surface area contributed by atoms with Crippen LogP contribution in [0, 0.1) is 0 Å². The highest BCUT2D eigenvalue weighted by Crippen LogP contribution is 2.15. The number of hydrogen-bond donors (Lipinski definition) is 1. The maximum atomic E-state index is 11.9. The highest BCUT2D eigenvalue weighted by Gasteiger charge is 2.23. The molecule has 1 aliphatic rings. The van der Waals surface area contributed by atoms with Crippen LogP contribution < -0.4 is 5.32 Å². The molecular weight excluding hydrogens is 244 g/mol. The molecule has 6 heteroatoms. The van der Waals surface area contributed by atoms with Crippen LogP contribution in [0.2, 0.25) is 0 Å². The minimum absolute atomic E-state index is 0.288. The molecule has 0 amide bonds. The van der Waals surface area contributed by atoms with Gasteiger partial charge in [0, 0.05) is 26.2 Å². The van der Waals surface area contributed by atoms with Crippen LogP contribution in [0.4, 0.5) is 0 Å². The first-order chi connectivity index (χ1) is 9.13. The van der Waals surface area contributed by atoms with Crippen LogP contribution in [0.1, 0.15) is 29.4 Å². The van der Waals surface area contributed by atoms with E-state index in [-0.39, 0.29) is 5.97 Å². The van der Waals surface area contributed by atoms with Crippen molar-refractivity contribution in [3.8, 4) is 0 Å². The second kappa shape index (κ2) is 6.16. The first kappa shape index (κ1) is 14.0. The van der Waals surface area contributed by atoms with Crippen LogP contribution in [-0.4, -0.2) is 53.4 Å². The van der Waals surface area contributed by atoms with Gasteiger partial charge >= 0.3 is 5.97 Å². The molecule has 0 spiro atoms. The summed E-state index contributed by atoms with van der Waals surface area (Å²) in [5.74, 6) is -0.288. The molecule has 6 nitrogen and oxygen atoms in total. The second-order valence-corrected chi connectivity index (χ2v) is 4.91. The van der Waals surface area contributed by atoms with E-state index in [1.807, 2.05) is 14.0 Å². The van der Waals surface area contributed by atoms with Crippen molar-refractivity contribution in [2.24, 2.45) is 7.05 Å².